The van der Waals surface area contributed by atoms with Crippen LogP contribution < -0.4 is 10.2 Å². The first-order valence-corrected chi connectivity index (χ1v) is 11.0. The number of amides is 2. The van der Waals surface area contributed by atoms with Crippen molar-refractivity contribution in [3.63, 3.8) is 0 Å². The van der Waals surface area contributed by atoms with Crippen molar-refractivity contribution in [2.24, 2.45) is 0 Å². The zero-order chi connectivity index (χ0) is 23.8. The smallest absolute Gasteiger partial charge is 0.327 e. The summed E-state index contributed by atoms with van der Waals surface area (Å²) in [5.41, 5.74) is 4.98. The van der Waals surface area contributed by atoms with Crippen molar-refractivity contribution in [2.75, 3.05) is 4.90 Å². The molecule has 7 heteroatoms. The predicted octanol–water partition coefficient (Wildman–Crippen LogP) is 6.19. The Labute approximate surface area is 196 Å². The molecule has 1 atom stereocenters. The molecule has 2 amide bonds. The van der Waals surface area contributed by atoms with Crippen molar-refractivity contribution in [2.45, 2.75) is 26.8 Å². The monoisotopic (exact) mass is 454 g/mol. The quantitative estimate of drug-likeness (QED) is 0.399. The third-order valence-corrected chi connectivity index (χ3v) is 6.00. The second kappa shape index (κ2) is 8.59. The molecule has 1 aliphatic rings. The normalized spacial score (nSPS) is 16.1. The van der Waals surface area contributed by atoms with Gasteiger partial charge in [-0.15, -0.1) is 0 Å². The maximum Gasteiger partial charge on any atom is 0.327 e. The lowest BCUT2D eigenvalue weighted by molar-refractivity contribution is 0.244. The van der Waals surface area contributed by atoms with Gasteiger partial charge in [-0.05, 0) is 44.0 Å². The highest BCUT2D eigenvalue weighted by Crippen LogP contribution is 2.39. The van der Waals surface area contributed by atoms with Gasteiger partial charge in [-0.1, -0.05) is 71.4 Å². The van der Waals surface area contributed by atoms with E-state index in [1.807, 2.05) is 61.5 Å². The van der Waals surface area contributed by atoms with E-state index in [0.717, 1.165) is 16.7 Å². The fourth-order valence-corrected chi connectivity index (χ4v) is 4.10. The number of allylic oxidation sites excluding steroid dienone is 1. The minimum atomic E-state index is -0.508. The van der Waals surface area contributed by atoms with Gasteiger partial charge >= 0.3 is 6.03 Å². The molecule has 5 rings (SSSR count). The summed E-state index contributed by atoms with van der Waals surface area (Å²) in [5, 5.41) is 7.21. The maximum absolute atomic E-state index is 14.4. The van der Waals surface area contributed by atoms with E-state index in [2.05, 4.69) is 15.5 Å². The average molecular weight is 455 g/mol. The molecule has 0 bridgehead atoms. The Morgan fingerprint density at radius 3 is 2.41 bits per heavy atom. The first kappa shape index (κ1) is 21.6. The minimum Gasteiger partial charge on any atom is -0.334 e. The largest absolute Gasteiger partial charge is 0.334 e. The Morgan fingerprint density at radius 1 is 0.971 bits per heavy atom. The molecule has 4 aromatic rings. The zero-order valence-corrected chi connectivity index (χ0v) is 19.0. The van der Waals surface area contributed by atoms with Crippen LogP contribution in [-0.4, -0.2) is 16.2 Å². The summed E-state index contributed by atoms with van der Waals surface area (Å²) in [5.74, 6) is 0.357. The number of anilines is 1. The second-order valence-electron chi connectivity index (χ2n) is 8.35. The van der Waals surface area contributed by atoms with Crippen LogP contribution in [0, 0.1) is 19.7 Å². The number of hydrogen-bond donors (Lipinski definition) is 1. The standard InChI is InChI=1S/C27H23FN4O2/c1-16-9-12-20(13-10-16)25-30-26(34-31-25)23-18(3)32(21-14-11-17(2)22(28)15-21)27(33)29-24(23)19-7-5-4-6-8-19/h4-15,24H,1-3H3,(H,29,33). The molecular weight excluding hydrogens is 431 g/mol. The Hall–Kier alpha value is -4.26. The number of hydrogen-bond acceptors (Lipinski definition) is 4. The van der Waals surface area contributed by atoms with E-state index in [1.165, 1.54) is 11.0 Å². The number of rotatable bonds is 4. The molecule has 6 nitrogen and oxygen atoms in total. The Kier molecular flexibility index (Phi) is 5.45. The molecule has 1 unspecified atom stereocenters. The molecule has 3 aromatic carbocycles. The van der Waals surface area contributed by atoms with Crippen molar-refractivity contribution in [1.82, 2.24) is 15.5 Å². The summed E-state index contributed by atoms with van der Waals surface area (Å²) in [6, 6.07) is 21.3. The first-order chi connectivity index (χ1) is 16.4. The lowest BCUT2D eigenvalue weighted by Crippen LogP contribution is -2.46. The van der Waals surface area contributed by atoms with Gasteiger partial charge in [0.15, 0.2) is 0 Å². The molecule has 1 N–H and O–H groups in total. The van der Waals surface area contributed by atoms with Crippen LogP contribution in [0.5, 0.6) is 0 Å². The van der Waals surface area contributed by atoms with Crippen LogP contribution in [0.3, 0.4) is 0 Å². The number of nitrogens with one attached hydrogen (secondary N) is 1. The van der Waals surface area contributed by atoms with Crippen LogP contribution in [0.2, 0.25) is 0 Å². The lowest BCUT2D eigenvalue weighted by atomic mass is 9.94. The molecule has 1 aromatic heterocycles. The highest BCUT2D eigenvalue weighted by molar-refractivity contribution is 6.01. The Balaban J connectivity index is 1.65. The highest BCUT2D eigenvalue weighted by atomic mass is 19.1. The van der Waals surface area contributed by atoms with Crippen molar-refractivity contribution in [1.29, 1.82) is 0 Å². The minimum absolute atomic E-state index is 0.291. The number of carbonyl (C=O) groups excluding carboxylic acids is 1. The van der Waals surface area contributed by atoms with E-state index in [9.17, 15) is 9.18 Å². The fraction of sp³-hybridized carbons (Fsp3) is 0.148. The second-order valence-corrected chi connectivity index (χ2v) is 8.35. The van der Waals surface area contributed by atoms with Gasteiger partial charge in [-0.25, -0.2) is 9.18 Å². The molecule has 34 heavy (non-hydrogen) atoms. The van der Waals surface area contributed by atoms with E-state index in [4.69, 9.17) is 4.52 Å². The number of halogens is 1. The van der Waals surface area contributed by atoms with Gasteiger partial charge < -0.3 is 9.84 Å². The highest BCUT2D eigenvalue weighted by Gasteiger charge is 2.36. The SMILES string of the molecule is CC1=C(c2nc(-c3ccc(C)cc3)no2)C(c2ccccc2)NC(=O)N1c1ccc(C)c(F)c1. The first-order valence-electron chi connectivity index (χ1n) is 11.0. The van der Waals surface area contributed by atoms with Gasteiger partial charge in [-0.3, -0.25) is 4.90 Å². The number of carbonyl (C=O) groups is 1. The van der Waals surface area contributed by atoms with Crippen LogP contribution in [0.1, 0.15) is 35.5 Å². The molecule has 170 valence electrons. The average Bonchev–Trinajstić information content (AvgIpc) is 3.31. The van der Waals surface area contributed by atoms with Crippen LogP contribution in [0.25, 0.3) is 17.0 Å². The van der Waals surface area contributed by atoms with Gasteiger partial charge in [0.05, 0.1) is 17.3 Å². The molecule has 1 aliphatic heterocycles. The van der Waals surface area contributed by atoms with Gasteiger partial charge in [0.1, 0.15) is 5.82 Å². The number of aromatic nitrogens is 2. The van der Waals surface area contributed by atoms with E-state index in [0.29, 0.717) is 34.2 Å². The van der Waals surface area contributed by atoms with Crippen LogP contribution in [0.4, 0.5) is 14.9 Å². The van der Waals surface area contributed by atoms with Gasteiger partial charge in [-0.2, -0.15) is 4.98 Å². The van der Waals surface area contributed by atoms with Crippen LogP contribution in [0.15, 0.2) is 83.0 Å². The molecule has 2 heterocycles. The summed E-state index contributed by atoms with van der Waals surface area (Å²) in [4.78, 5) is 19.3. The van der Waals surface area contributed by atoms with E-state index in [1.54, 1.807) is 26.0 Å². The van der Waals surface area contributed by atoms with Crippen molar-refractivity contribution < 1.29 is 13.7 Å². The van der Waals surface area contributed by atoms with Crippen molar-refractivity contribution >= 4 is 17.3 Å². The summed E-state index contributed by atoms with van der Waals surface area (Å²) in [6.07, 6.45) is 0. The summed E-state index contributed by atoms with van der Waals surface area (Å²) < 4.78 is 20.1. The Bertz CT molecular complexity index is 1390. The molecule has 0 saturated heterocycles. The summed E-state index contributed by atoms with van der Waals surface area (Å²) in [6.45, 7) is 5.49. The van der Waals surface area contributed by atoms with E-state index < -0.39 is 6.04 Å². The molecular formula is C27H23FN4O2. The lowest BCUT2D eigenvalue weighted by Gasteiger charge is -2.35. The summed E-state index contributed by atoms with van der Waals surface area (Å²) in [7, 11) is 0. The van der Waals surface area contributed by atoms with E-state index in [-0.39, 0.29) is 11.8 Å². The van der Waals surface area contributed by atoms with Crippen LogP contribution in [-0.2, 0) is 0 Å². The summed E-state index contributed by atoms with van der Waals surface area (Å²) >= 11 is 0. The van der Waals surface area contributed by atoms with Crippen molar-refractivity contribution in [3.05, 3.63) is 107 Å². The molecule has 0 spiro atoms. The third kappa shape index (κ3) is 3.85. The van der Waals surface area contributed by atoms with Crippen LogP contribution >= 0.6 is 0 Å². The fourth-order valence-electron chi connectivity index (χ4n) is 4.10. The number of aryl methyl sites for hydroxylation is 2. The maximum atomic E-state index is 14.4. The number of nitrogens with zero attached hydrogens (tertiary/aromatic N) is 3. The van der Waals surface area contributed by atoms with E-state index >= 15 is 0 Å². The topological polar surface area (TPSA) is 71.3 Å². The van der Waals surface area contributed by atoms with Crippen molar-refractivity contribution in [3.8, 4) is 11.4 Å². The van der Waals surface area contributed by atoms with Gasteiger partial charge in [0.25, 0.3) is 5.89 Å². The number of benzene rings is 3. The van der Waals surface area contributed by atoms with Gasteiger partial charge in [0, 0.05) is 11.3 Å². The van der Waals surface area contributed by atoms with Gasteiger partial charge in [0.2, 0.25) is 5.82 Å². The molecule has 0 fully saturated rings. The molecule has 0 aliphatic carbocycles. The Morgan fingerprint density at radius 2 is 1.71 bits per heavy atom. The third-order valence-electron chi connectivity index (χ3n) is 6.00. The number of urea groups is 1. The predicted molar refractivity (Wildman–Crippen MR) is 128 cm³/mol. The molecule has 0 radical (unpaired) electrons. The molecule has 0 saturated carbocycles. The zero-order valence-electron chi connectivity index (χ0n) is 19.0.